The van der Waals surface area contributed by atoms with Crippen LogP contribution in [-0.2, 0) is 0 Å². The molecule has 0 unspecified atom stereocenters. The molecule has 0 saturated heterocycles. The minimum atomic E-state index is 0.220. The number of rotatable bonds is 5. The van der Waals surface area contributed by atoms with Crippen LogP contribution >= 0.6 is 23.8 Å². The molecule has 2 aromatic rings. The van der Waals surface area contributed by atoms with Crippen molar-refractivity contribution in [1.29, 1.82) is 0 Å². The Kier molecular flexibility index (Phi) is 6.60. The van der Waals surface area contributed by atoms with Gasteiger partial charge in [-0.15, -0.1) is 0 Å². The summed E-state index contributed by atoms with van der Waals surface area (Å²) in [4.78, 5) is 1.30. The first-order chi connectivity index (χ1) is 11.4. The Morgan fingerprint density at radius 1 is 1.12 bits per heavy atom. The van der Waals surface area contributed by atoms with E-state index in [0.29, 0.717) is 11.7 Å². The zero-order chi connectivity index (χ0) is 17.7. The first-order valence-electron chi connectivity index (χ1n) is 8.04. The summed E-state index contributed by atoms with van der Waals surface area (Å²) in [5.41, 5.74) is 4.57. The smallest absolute Gasteiger partial charge is 0.171 e. The van der Waals surface area contributed by atoms with Crippen molar-refractivity contribution in [3.63, 3.8) is 0 Å². The van der Waals surface area contributed by atoms with Gasteiger partial charge in [-0.25, -0.2) is 0 Å². The molecular weight excluding hydrogens is 338 g/mol. The van der Waals surface area contributed by atoms with Gasteiger partial charge in [0.05, 0.1) is 20.6 Å². The highest BCUT2D eigenvalue weighted by Crippen LogP contribution is 2.20. The van der Waals surface area contributed by atoms with E-state index in [9.17, 15) is 0 Å². The van der Waals surface area contributed by atoms with E-state index in [0.717, 1.165) is 16.3 Å². The van der Waals surface area contributed by atoms with E-state index in [4.69, 9.17) is 23.8 Å². The molecule has 1 atom stereocenters. The Morgan fingerprint density at radius 3 is 2.33 bits per heavy atom. The van der Waals surface area contributed by atoms with Crippen LogP contribution < -0.4 is 15.5 Å². The van der Waals surface area contributed by atoms with Crippen molar-refractivity contribution in [2.45, 2.75) is 19.9 Å². The first-order valence-corrected chi connectivity index (χ1v) is 8.83. The summed E-state index contributed by atoms with van der Waals surface area (Å²) < 4.78 is 0. The van der Waals surface area contributed by atoms with Crippen LogP contribution in [0.1, 0.15) is 22.7 Å². The Balaban J connectivity index is 2.01. The maximum absolute atomic E-state index is 6.35. The fourth-order valence-electron chi connectivity index (χ4n) is 2.80. The summed E-state index contributed by atoms with van der Waals surface area (Å²) in [6.07, 6.45) is 0. The lowest BCUT2D eigenvalue weighted by Gasteiger charge is -2.24. The molecule has 5 heteroatoms. The van der Waals surface area contributed by atoms with E-state index in [1.54, 1.807) is 0 Å². The standard InChI is InChI=1S/C19H24ClN3S/c1-13-9-14(2)11-15(10-13)22-19(24)21-12-18(23(3)4)16-7-5-6-8-17(16)20/h5-11,18H,12H2,1-4H3,(H2,21,22,24)/p+1/t18-/m1/s1. The van der Waals surface area contributed by atoms with E-state index in [2.05, 4.69) is 62.8 Å². The van der Waals surface area contributed by atoms with E-state index >= 15 is 0 Å². The van der Waals surface area contributed by atoms with Crippen molar-refractivity contribution >= 4 is 34.6 Å². The zero-order valence-electron chi connectivity index (χ0n) is 14.6. The van der Waals surface area contributed by atoms with Gasteiger partial charge in [-0.1, -0.05) is 35.9 Å². The molecule has 0 amide bonds. The second-order valence-electron chi connectivity index (χ2n) is 6.36. The maximum atomic E-state index is 6.35. The molecule has 0 saturated carbocycles. The van der Waals surface area contributed by atoms with Gasteiger partial charge >= 0.3 is 0 Å². The third kappa shape index (κ3) is 5.20. The van der Waals surface area contributed by atoms with Crippen LogP contribution in [0.5, 0.6) is 0 Å². The van der Waals surface area contributed by atoms with E-state index in [1.807, 2.05) is 18.2 Å². The van der Waals surface area contributed by atoms with Crippen molar-refractivity contribution in [2.24, 2.45) is 0 Å². The molecule has 0 spiro atoms. The number of anilines is 1. The van der Waals surface area contributed by atoms with Gasteiger partial charge < -0.3 is 15.5 Å². The van der Waals surface area contributed by atoms with Crippen LogP contribution in [0.2, 0.25) is 5.02 Å². The molecule has 0 radical (unpaired) electrons. The van der Waals surface area contributed by atoms with Gasteiger partial charge in [0, 0.05) is 16.3 Å². The summed E-state index contributed by atoms with van der Waals surface area (Å²) in [5.74, 6) is 0. The molecule has 0 aromatic heterocycles. The third-order valence-corrected chi connectivity index (χ3v) is 4.51. The lowest BCUT2D eigenvalue weighted by Crippen LogP contribution is -3.07. The number of aryl methyl sites for hydroxylation is 2. The third-order valence-electron chi connectivity index (χ3n) is 3.92. The van der Waals surface area contributed by atoms with Crippen LogP contribution in [0.4, 0.5) is 5.69 Å². The van der Waals surface area contributed by atoms with E-state index in [-0.39, 0.29) is 6.04 Å². The molecule has 0 aliphatic heterocycles. The monoisotopic (exact) mass is 362 g/mol. The average Bonchev–Trinajstić information content (AvgIpc) is 2.47. The van der Waals surface area contributed by atoms with Gasteiger partial charge in [0.1, 0.15) is 6.04 Å². The molecule has 2 aromatic carbocycles. The van der Waals surface area contributed by atoms with Crippen LogP contribution in [0, 0.1) is 13.8 Å². The second-order valence-corrected chi connectivity index (χ2v) is 7.18. The van der Waals surface area contributed by atoms with Gasteiger partial charge in [0.15, 0.2) is 5.11 Å². The van der Waals surface area contributed by atoms with Crippen molar-refractivity contribution in [2.75, 3.05) is 26.0 Å². The zero-order valence-corrected chi connectivity index (χ0v) is 16.2. The minimum absolute atomic E-state index is 0.220. The summed E-state index contributed by atoms with van der Waals surface area (Å²) in [6.45, 7) is 4.87. The van der Waals surface area contributed by atoms with Crippen molar-refractivity contribution in [3.05, 3.63) is 64.2 Å². The highest BCUT2D eigenvalue weighted by atomic mass is 35.5. The molecule has 2 rings (SSSR count). The lowest BCUT2D eigenvalue weighted by molar-refractivity contribution is -0.890. The Labute approximate surface area is 155 Å². The van der Waals surface area contributed by atoms with Gasteiger partial charge in [-0.2, -0.15) is 0 Å². The first kappa shape index (κ1) is 18.7. The van der Waals surface area contributed by atoms with E-state index < -0.39 is 0 Å². The molecule has 0 heterocycles. The van der Waals surface area contributed by atoms with Gasteiger partial charge in [-0.05, 0) is 55.4 Å². The molecule has 3 N–H and O–H groups in total. The molecule has 0 aliphatic rings. The number of likely N-dealkylation sites (N-methyl/N-ethyl adjacent to an activating group) is 1. The SMILES string of the molecule is Cc1cc(C)cc(NC(=S)NC[C@H](c2ccccc2Cl)[NH+](C)C)c1. The van der Waals surface area contributed by atoms with Crippen LogP contribution in [0.25, 0.3) is 0 Å². The highest BCUT2D eigenvalue weighted by molar-refractivity contribution is 7.80. The van der Waals surface area contributed by atoms with Crippen molar-refractivity contribution in [1.82, 2.24) is 5.32 Å². The summed E-state index contributed by atoms with van der Waals surface area (Å²) in [7, 11) is 4.24. The number of halogens is 1. The predicted molar refractivity (Wildman–Crippen MR) is 107 cm³/mol. The number of thiocarbonyl (C=S) groups is 1. The van der Waals surface area contributed by atoms with Gasteiger partial charge in [0.2, 0.25) is 0 Å². The number of nitrogens with one attached hydrogen (secondary N) is 3. The topological polar surface area (TPSA) is 28.5 Å². The van der Waals surface area contributed by atoms with Gasteiger partial charge in [0.25, 0.3) is 0 Å². The number of hydrogen-bond donors (Lipinski definition) is 3. The number of benzene rings is 2. The Bertz CT molecular complexity index is 695. The number of hydrogen-bond acceptors (Lipinski definition) is 1. The predicted octanol–water partition coefficient (Wildman–Crippen LogP) is 3.13. The lowest BCUT2D eigenvalue weighted by atomic mass is 10.1. The maximum Gasteiger partial charge on any atom is 0.171 e. The normalized spacial score (nSPS) is 12.1. The summed E-state index contributed by atoms with van der Waals surface area (Å²) >= 11 is 11.8. The van der Waals surface area contributed by atoms with Crippen molar-refractivity contribution < 1.29 is 4.90 Å². The van der Waals surface area contributed by atoms with Crippen LogP contribution in [0.3, 0.4) is 0 Å². The molecule has 0 bridgehead atoms. The molecule has 24 heavy (non-hydrogen) atoms. The van der Waals surface area contributed by atoms with E-state index in [1.165, 1.54) is 16.0 Å². The highest BCUT2D eigenvalue weighted by Gasteiger charge is 2.20. The fourth-order valence-corrected chi connectivity index (χ4v) is 3.27. The summed E-state index contributed by atoms with van der Waals surface area (Å²) in [6, 6.07) is 14.5. The average molecular weight is 363 g/mol. The molecule has 0 aliphatic carbocycles. The molecule has 3 nitrogen and oxygen atoms in total. The quantitative estimate of drug-likeness (QED) is 0.714. The molecular formula is C19H25ClN3S+. The molecule has 0 fully saturated rings. The largest absolute Gasteiger partial charge is 0.356 e. The van der Waals surface area contributed by atoms with Gasteiger partial charge in [-0.3, -0.25) is 0 Å². The van der Waals surface area contributed by atoms with Crippen LogP contribution in [-0.4, -0.2) is 25.8 Å². The fraction of sp³-hybridized carbons (Fsp3) is 0.316. The number of quaternary nitrogens is 1. The van der Waals surface area contributed by atoms with Crippen molar-refractivity contribution in [3.8, 4) is 0 Å². The molecule has 128 valence electrons. The Morgan fingerprint density at radius 2 is 1.75 bits per heavy atom. The minimum Gasteiger partial charge on any atom is -0.356 e. The Hall–Kier alpha value is -1.62. The van der Waals surface area contributed by atoms with Crippen LogP contribution in [0.15, 0.2) is 42.5 Å². The second kappa shape index (κ2) is 8.47. The summed E-state index contributed by atoms with van der Waals surface area (Å²) in [5, 5.41) is 7.99.